The number of amides is 1. The quantitative estimate of drug-likeness (QED) is 0.834. The molecule has 98 valence electrons. The van der Waals surface area contributed by atoms with Crippen LogP contribution in [0.2, 0.25) is 0 Å². The molecule has 0 bridgehead atoms. The Morgan fingerprint density at radius 1 is 1.47 bits per heavy atom. The molecular weight excluding hydrogens is 313 g/mol. The zero-order chi connectivity index (χ0) is 14.0. The number of carbonyl (C=O) groups is 1. The fourth-order valence-corrected chi connectivity index (χ4v) is 2.03. The number of aromatic nitrogens is 1. The number of nitrogens with zero attached hydrogens (tertiary/aromatic N) is 1. The zero-order valence-corrected chi connectivity index (χ0v) is 11.7. The number of nitrogens with one attached hydrogen (secondary N) is 1. The van der Waals surface area contributed by atoms with Crippen molar-refractivity contribution in [2.24, 2.45) is 0 Å². The van der Waals surface area contributed by atoms with Crippen molar-refractivity contribution >= 4 is 33.3 Å². The Morgan fingerprint density at radius 3 is 2.89 bits per heavy atom. The number of hydrogen-bond donors (Lipinski definition) is 2. The van der Waals surface area contributed by atoms with E-state index in [9.17, 15) is 9.18 Å². The van der Waals surface area contributed by atoms with Gasteiger partial charge in [-0.1, -0.05) is 6.07 Å². The first-order valence-electron chi connectivity index (χ1n) is 5.46. The fourth-order valence-electron chi connectivity index (χ4n) is 1.53. The van der Waals surface area contributed by atoms with Gasteiger partial charge in [0.05, 0.1) is 11.3 Å². The fraction of sp³-hybridized carbons (Fsp3) is 0.0769. The topological polar surface area (TPSA) is 68.0 Å². The van der Waals surface area contributed by atoms with E-state index in [4.69, 9.17) is 5.73 Å². The van der Waals surface area contributed by atoms with Crippen LogP contribution >= 0.6 is 15.9 Å². The third-order valence-corrected chi connectivity index (χ3v) is 3.23. The van der Waals surface area contributed by atoms with E-state index in [0.29, 0.717) is 10.3 Å². The lowest BCUT2D eigenvalue weighted by atomic mass is 10.1. The van der Waals surface area contributed by atoms with Gasteiger partial charge in [0, 0.05) is 10.7 Å². The molecule has 0 saturated heterocycles. The van der Waals surface area contributed by atoms with Crippen LogP contribution in [-0.4, -0.2) is 10.9 Å². The summed E-state index contributed by atoms with van der Waals surface area (Å²) in [5.74, 6) is -0.514. The first-order valence-corrected chi connectivity index (χ1v) is 6.26. The van der Waals surface area contributed by atoms with E-state index in [0.717, 1.165) is 11.6 Å². The molecule has 0 unspecified atom stereocenters. The molecule has 0 spiro atoms. The van der Waals surface area contributed by atoms with Crippen molar-refractivity contribution in [3.63, 3.8) is 0 Å². The number of anilines is 2. The molecule has 4 nitrogen and oxygen atoms in total. The van der Waals surface area contributed by atoms with Crippen LogP contribution in [0.5, 0.6) is 0 Å². The Hall–Kier alpha value is -1.95. The molecule has 1 heterocycles. The summed E-state index contributed by atoms with van der Waals surface area (Å²) in [6.07, 6.45) is 1.58. The number of rotatable bonds is 2. The van der Waals surface area contributed by atoms with E-state index < -0.39 is 11.7 Å². The second-order valence-corrected chi connectivity index (χ2v) is 4.83. The monoisotopic (exact) mass is 323 g/mol. The SMILES string of the molecule is Cc1cccnc1NC(=O)c1cc(N)c(F)cc1Br. The summed E-state index contributed by atoms with van der Waals surface area (Å²) in [6.45, 7) is 1.83. The van der Waals surface area contributed by atoms with Gasteiger partial charge in [0.1, 0.15) is 11.6 Å². The number of nitrogens with two attached hydrogens (primary N) is 1. The Labute approximate surface area is 118 Å². The second-order valence-electron chi connectivity index (χ2n) is 3.98. The molecule has 2 aromatic rings. The summed E-state index contributed by atoms with van der Waals surface area (Å²) in [5.41, 5.74) is 6.47. The lowest BCUT2D eigenvalue weighted by Gasteiger charge is -2.09. The Kier molecular flexibility index (Phi) is 3.80. The van der Waals surface area contributed by atoms with Gasteiger partial charge in [0.25, 0.3) is 5.91 Å². The van der Waals surface area contributed by atoms with Crippen molar-refractivity contribution in [2.45, 2.75) is 6.92 Å². The van der Waals surface area contributed by atoms with Crippen molar-refractivity contribution in [1.29, 1.82) is 0 Å². The van der Waals surface area contributed by atoms with Gasteiger partial charge < -0.3 is 11.1 Å². The Bertz CT molecular complexity index is 646. The summed E-state index contributed by atoms with van der Waals surface area (Å²) in [5, 5.41) is 2.66. The summed E-state index contributed by atoms with van der Waals surface area (Å²) >= 11 is 3.14. The molecule has 1 aromatic carbocycles. The predicted octanol–water partition coefficient (Wildman–Crippen LogP) is 3.13. The van der Waals surface area contributed by atoms with Crippen molar-refractivity contribution < 1.29 is 9.18 Å². The van der Waals surface area contributed by atoms with E-state index in [2.05, 4.69) is 26.2 Å². The van der Waals surface area contributed by atoms with Crippen LogP contribution in [0.25, 0.3) is 0 Å². The molecule has 19 heavy (non-hydrogen) atoms. The minimum absolute atomic E-state index is 0.0777. The molecule has 6 heteroatoms. The number of pyridine rings is 1. The van der Waals surface area contributed by atoms with Crippen molar-refractivity contribution in [2.75, 3.05) is 11.1 Å². The molecule has 0 atom stereocenters. The molecule has 3 N–H and O–H groups in total. The van der Waals surface area contributed by atoms with E-state index in [1.165, 1.54) is 6.07 Å². The van der Waals surface area contributed by atoms with Gasteiger partial charge in [-0.05, 0) is 46.6 Å². The summed E-state index contributed by atoms with van der Waals surface area (Å²) in [6, 6.07) is 6.05. The minimum atomic E-state index is -0.572. The lowest BCUT2D eigenvalue weighted by molar-refractivity contribution is 0.102. The maximum atomic E-state index is 13.2. The number of hydrogen-bond acceptors (Lipinski definition) is 3. The van der Waals surface area contributed by atoms with Crippen LogP contribution in [0.3, 0.4) is 0 Å². The average Bonchev–Trinajstić information content (AvgIpc) is 2.36. The van der Waals surface area contributed by atoms with Gasteiger partial charge in [-0.25, -0.2) is 9.37 Å². The van der Waals surface area contributed by atoms with Crippen molar-refractivity contribution in [1.82, 2.24) is 4.98 Å². The van der Waals surface area contributed by atoms with Crippen LogP contribution in [0.15, 0.2) is 34.9 Å². The molecule has 0 fully saturated rings. The third-order valence-electron chi connectivity index (χ3n) is 2.57. The van der Waals surface area contributed by atoms with Crippen molar-refractivity contribution in [3.05, 3.63) is 51.9 Å². The molecular formula is C13H11BrFN3O. The van der Waals surface area contributed by atoms with Gasteiger partial charge in [-0.15, -0.1) is 0 Å². The van der Waals surface area contributed by atoms with Gasteiger partial charge in [-0.3, -0.25) is 4.79 Å². The molecule has 1 amide bonds. The normalized spacial score (nSPS) is 10.3. The molecule has 0 saturated carbocycles. The predicted molar refractivity (Wildman–Crippen MR) is 75.4 cm³/mol. The lowest BCUT2D eigenvalue weighted by Crippen LogP contribution is -2.15. The number of halogens is 2. The molecule has 1 aromatic heterocycles. The first kappa shape index (κ1) is 13.5. The molecule has 0 aliphatic carbocycles. The first-order chi connectivity index (χ1) is 8.99. The average molecular weight is 324 g/mol. The van der Waals surface area contributed by atoms with E-state index in [1.54, 1.807) is 12.3 Å². The highest BCUT2D eigenvalue weighted by atomic mass is 79.9. The van der Waals surface area contributed by atoms with Crippen LogP contribution in [0.1, 0.15) is 15.9 Å². The van der Waals surface area contributed by atoms with E-state index in [-0.39, 0.29) is 11.3 Å². The van der Waals surface area contributed by atoms with Crippen LogP contribution in [0.4, 0.5) is 15.9 Å². The largest absolute Gasteiger partial charge is 0.396 e. The molecule has 0 aliphatic rings. The molecule has 0 aliphatic heterocycles. The number of carbonyl (C=O) groups excluding carboxylic acids is 1. The Balaban J connectivity index is 2.31. The standard InChI is InChI=1S/C13H11BrFN3O/c1-7-3-2-4-17-12(7)18-13(19)8-5-11(16)10(15)6-9(8)14/h2-6H,16H2,1H3,(H,17,18,19). The Morgan fingerprint density at radius 2 is 2.21 bits per heavy atom. The van der Waals surface area contributed by atoms with Crippen LogP contribution < -0.4 is 11.1 Å². The van der Waals surface area contributed by atoms with Gasteiger partial charge >= 0.3 is 0 Å². The second kappa shape index (κ2) is 5.36. The maximum absolute atomic E-state index is 13.2. The third kappa shape index (κ3) is 2.90. The van der Waals surface area contributed by atoms with E-state index >= 15 is 0 Å². The number of nitrogen functional groups attached to an aromatic ring is 1. The maximum Gasteiger partial charge on any atom is 0.258 e. The molecule has 2 rings (SSSR count). The number of aryl methyl sites for hydroxylation is 1. The van der Waals surface area contributed by atoms with E-state index in [1.807, 2.05) is 13.0 Å². The van der Waals surface area contributed by atoms with Crippen LogP contribution in [0, 0.1) is 12.7 Å². The molecule has 0 radical (unpaired) electrons. The summed E-state index contributed by atoms with van der Waals surface area (Å²) in [7, 11) is 0. The highest BCUT2D eigenvalue weighted by Gasteiger charge is 2.14. The number of benzene rings is 1. The minimum Gasteiger partial charge on any atom is -0.396 e. The smallest absolute Gasteiger partial charge is 0.258 e. The van der Waals surface area contributed by atoms with Gasteiger partial charge in [0.2, 0.25) is 0 Å². The highest BCUT2D eigenvalue weighted by molar-refractivity contribution is 9.10. The summed E-state index contributed by atoms with van der Waals surface area (Å²) in [4.78, 5) is 16.2. The van der Waals surface area contributed by atoms with Gasteiger partial charge in [0.15, 0.2) is 0 Å². The zero-order valence-electron chi connectivity index (χ0n) is 10.1. The van der Waals surface area contributed by atoms with Crippen molar-refractivity contribution in [3.8, 4) is 0 Å². The summed E-state index contributed by atoms with van der Waals surface area (Å²) < 4.78 is 13.6. The highest BCUT2D eigenvalue weighted by Crippen LogP contribution is 2.24. The van der Waals surface area contributed by atoms with Gasteiger partial charge in [-0.2, -0.15) is 0 Å². The van der Waals surface area contributed by atoms with Crippen LogP contribution in [-0.2, 0) is 0 Å².